The number of rotatable bonds is 5. The molecule has 0 aliphatic carbocycles. The number of carbonyl (C=O) groups excluding carboxylic acids is 1. The summed E-state index contributed by atoms with van der Waals surface area (Å²) < 4.78 is 2.19. The summed E-state index contributed by atoms with van der Waals surface area (Å²) >= 11 is 2.68. The highest BCUT2D eigenvalue weighted by Crippen LogP contribution is 2.28. The van der Waals surface area contributed by atoms with Gasteiger partial charge >= 0.3 is 6.03 Å². The number of urea groups is 1. The average Bonchev–Trinajstić information content (AvgIpc) is 3.16. The van der Waals surface area contributed by atoms with Gasteiger partial charge in [-0.2, -0.15) is 0 Å². The Balaban J connectivity index is 1.39. The number of thioether (sulfide) groups is 1. The minimum atomic E-state index is -0.374. The second kappa shape index (κ2) is 8.86. The molecule has 0 spiro atoms. The van der Waals surface area contributed by atoms with E-state index in [4.69, 9.17) is 0 Å². The van der Waals surface area contributed by atoms with Gasteiger partial charge in [-0.3, -0.25) is 14.5 Å². The molecule has 3 heterocycles. The van der Waals surface area contributed by atoms with Crippen molar-refractivity contribution in [2.45, 2.75) is 30.9 Å². The molecule has 8 nitrogen and oxygen atoms in total. The van der Waals surface area contributed by atoms with Crippen LogP contribution < -0.4 is 16.2 Å². The van der Waals surface area contributed by atoms with Crippen LogP contribution in [0, 0.1) is 20.8 Å². The number of fused-ring (bicyclic) bond motifs is 1. The van der Waals surface area contributed by atoms with Gasteiger partial charge in [0.25, 0.3) is 5.56 Å². The molecule has 0 radical (unpaired) electrons. The Morgan fingerprint density at radius 3 is 2.71 bits per heavy atom. The normalized spacial score (nSPS) is 10.9. The molecule has 3 aromatic heterocycles. The SMILES string of the molecule is Cc1ccc(C)c(NC(=O)Nc2nnc(SCc3cc(=O)n4ccc(C)cc4n3)s2)c1. The van der Waals surface area contributed by atoms with Gasteiger partial charge in [-0.05, 0) is 55.7 Å². The van der Waals surface area contributed by atoms with Crippen LogP contribution in [0.3, 0.4) is 0 Å². The van der Waals surface area contributed by atoms with Gasteiger partial charge in [0, 0.05) is 23.7 Å². The van der Waals surface area contributed by atoms with E-state index in [1.807, 2.05) is 51.1 Å². The van der Waals surface area contributed by atoms with Crippen LogP contribution in [-0.4, -0.2) is 25.6 Å². The van der Waals surface area contributed by atoms with E-state index in [0.717, 1.165) is 22.4 Å². The van der Waals surface area contributed by atoms with Gasteiger partial charge in [-0.1, -0.05) is 35.2 Å². The Hall–Kier alpha value is -3.24. The van der Waals surface area contributed by atoms with Crippen molar-refractivity contribution in [3.8, 4) is 0 Å². The predicted octanol–water partition coefficient (Wildman–Crippen LogP) is 4.41. The zero-order valence-electron chi connectivity index (χ0n) is 17.2. The Morgan fingerprint density at radius 2 is 1.87 bits per heavy atom. The molecule has 0 unspecified atom stereocenters. The summed E-state index contributed by atoms with van der Waals surface area (Å²) in [4.78, 5) is 29.1. The molecule has 2 N–H and O–H groups in total. The maximum Gasteiger partial charge on any atom is 0.325 e. The maximum atomic E-state index is 12.3. The summed E-state index contributed by atoms with van der Waals surface area (Å²) in [6.45, 7) is 5.86. The lowest BCUT2D eigenvalue weighted by molar-refractivity contribution is 0.262. The van der Waals surface area contributed by atoms with Gasteiger partial charge in [0.15, 0.2) is 4.34 Å². The van der Waals surface area contributed by atoms with Gasteiger partial charge in [-0.15, -0.1) is 10.2 Å². The Labute approximate surface area is 186 Å². The van der Waals surface area contributed by atoms with Crippen LogP contribution in [-0.2, 0) is 5.75 Å². The van der Waals surface area contributed by atoms with Crippen LogP contribution in [0.25, 0.3) is 5.65 Å². The largest absolute Gasteiger partial charge is 0.325 e. The number of hydrogen-bond acceptors (Lipinski definition) is 7. The second-order valence-electron chi connectivity index (χ2n) is 7.08. The Morgan fingerprint density at radius 1 is 1.06 bits per heavy atom. The molecule has 158 valence electrons. The molecule has 2 amide bonds. The monoisotopic (exact) mass is 452 g/mol. The van der Waals surface area contributed by atoms with E-state index in [-0.39, 0.29) is 11.6 Å². The summed E-state index contributed by atoms with van der Waals surface area (Å²) in [5.41, 5.74) is 4.99. The van der Waals surface area contributed by atoms with Crippen LogP contribution in [0.4, 0.5) is 15.6 Å². The Bertz CT molecular complexity index is 1330. The molecule has 0 fully saturated rings. The van der Waals surface area contributed by atoms with Gasteiger partial charge in [0.2, 0.25) is 5.13 Å². The molecule has 0 aliphatic rings. The molecule has 0 saturated carbocycles. The van der Waals surface area contributed by atoms with Gasteiger partial charge < -0.3 is 5.32 Å². The van der Waals surface area contributed by atoms with E-state index in [1.165, 1.54) is 33.6 Å². The fraction of sp³-hybridized carbons (Fsp3) is 0.190. The lowest BCUT2D eigenvalue weighted by atomic mass is 10.1. The number of nitrogens with zero attached hydrogens (tertiary/aromatic N) is 4. The van der Waals surface area contributed by atoms with Crippen molar-refractivity contribution in [2.75, 3.05) is 10.6 Å². The third-order valence-corrected chi connectivity index (χ3v) is 6.49. The predicted molar refractivity (Wildman–Crippen MR) is 124 cm³/mol. The summed E-state index contributed by atoms with van der Waals surface area (Å²) in [7, 11) is 0. The van der Waals surface area contributed by atoms with E-state index in [9.17, 15) is 9.59 Å². The molecule has 31 heavy (non-hydrogen) atoms. The van der Waals surface area contributed by atoms with E-state index in [2.05, 4.69) is 25.8 Å². The number of aromatic nitrogens is 4. The molecule has 0 bridgehead atoms. The van der Waals surface area contributed by atoms with Crippen LogP contribution in [0.2, 0.25) is 0 Å². The lowest BCUT2D eigenvalue weighted by Gasteiger charge is -2.09. The van der Waals surface area contributed by atoms with Crippen molar-refractivity contribution in [1.29, 1.82) is 0 Å². The second-order valence-corrected chi connectivity index (χ2v) is 9.28. The van der Waals surface area contributed by atoms with Crippen molar-refractivity contribution >= 4 is 45.6 Å². The molecule has 4 rings (SSSR count). The van der Waals surface area contributed by atoms with Crippen LogP contribution >= 0.6 is 23.1 Å². The van der Waals surface area contributed by atoms with Crippen LogP contribution in [0.1, 0.15) is 22.4 Å². The summed E-state index contributed by atoms with van der Waals surface area (Å²) in [5.74, 6) is 0.475. The molecular formula is C21H20N6O2S2. The van der Waals surface area contributed by atoms with Gasteiger partial charge in [0.05, 0.1) is 5.69 Å². The quantitative estimate of drug-likeness (QED) is 0.344. The zero-order chi connectivity index (χ0) is 22.0. The molecule has 0 saturated heterocycles. The van der Waals surface area contributed by atoms with Crippen molar-refractivity contribution in [3.63, 3.8) is 0 Å². The fourth-order valence-electron chi connectivity index (χ4n) is 2.90. The standard InChI is InChI=1S/C21H20N6O2S2/c1-12-4-5-14(3)16(8-12)23-19(29)24-20-25-26-21(31-20)30-11-15-10-18(28)27-7-6-13(2)9-17(27)22-15/h4-10H,11H2,1-3H3,(H2,23,24,25,29). The van der Waals surface area contributed by atoms with Crippen LogP contribution in [0.15, 0.2) is 51.7 Å². The molecular weight excluding hydrogens is 432 g/mol. The molecule has 1 aromatic carbocycles. The van der Waals surface area contributed by atoms with Gasteiger partial charge in [-0.25, -0.2) is 9.78 Å². The topological polar surface area (TPSA) is 101 Å². The van der Waals surface area contributed by atoms with E-state index in [0.29, 0.717) is 26.6 Å². The van der Waals surface area contributed by atoms with E-state index in [1.54, 1.807) is 6.20 Å². The number of benzene rings is 1. The van der Waals surface area contributed by atoms with Crippen molar-refractivity contribution < 1.29 is 4.79 Å². The first-order valence-electron chi connectivity index (χ1n) is 9.48. The highest BCUT2D eigenvalue weighted by Gasteiger charge is 2.11. The van der Waals surface area contributed by atoms with Crippen LogP contribution in [0.5, 0.6) is 0 Å². The van der Waals surface area contributed by atoms with Crippen molar-refractivity contribution in [3.05, 3.63) is 75.3 Å². The summed E-state index contributed by atoms with van der Waals surface area (Å²) in [6.07, 6.45) is 1.73. The average molecular weight is 453 g/mol. The fourth-order valence-corrected chi connectivity index (χ4v) is 4.54. The number of hydrogen-bond donors (Lipinski definition) is 2. The highest BCUT2D eigenvalue weighted by atomic mass is 32.2. The smallest absolute Gasteiger partial charge is 0.307 e. The number of anilines is 2. The first-order chi connectivity index (χ1) is 14.9. The number of amides is 2. The summed E-state index contributed by atoms with van der Waals surface area (Å²) in [5, 5.41) is 14.1. The van der Waals surface area contributed by atoms with Crippen molar-refractivity contribution in [1.82, 2.24) is 19.6 Å². The number of carbonyl (C=O) groups is 1. The molecule has 10 heteroatoms. The number of nitrogens with one attached hydrogen (secondary N) is 2. The first-order valence-corrected chi connectivity index (χ1v) is 11.3. The third-order valence-electron chi connectivity index (χ3n) is 4.49. The highest BCUT2D eigenvalue weighted by molar-refractivity contribution is 8.00. The van der Waals surface area contributed by atoms with E-state index >= 15 is 0 Å². The lowest BCUT2D eigenvalue weighted by Crippen LogP contribution is -2.19. The number of aryl methyl sites for hydroxylation is 3. The zero-order valence-corrected chi connectivity index (χ0v) is 18.8. The van der Waals surface area contributed by atoms with E-state index < -0.39 is 0 Å². The molecule has 0 aliphatic heterocycles. The number of pyridine rings is 1. The van der Waals surface area contributed by atoms with Gasteiger partial charge in [0.1, 0.15) is 5.65 Å². The minimum absolute atomic E-state index is 0.122. The third kappa shape index (κ3) is 5.09. The molecule has 4 aromatic rings. The Kier molecular flexibility index (Phi) is 6.01. The maximum absolute atomic E-state index is 12.3. The minimum Gasteiger partial charge on any atom is -0.307 e. The van der Waals surface area contributed by atoms with Crippen molar-refractivity contribution in [2.24, 2.45) is 0 Å². The molecule has 0 atom stereocenters. The first kappa shape index (κ1) is 21.0. The summed E-state index contributed by atoms with van der Waals surface area (Å²) in [6, 6.07) is 10.8.